The van der Waals surface area contributed by atoms with Crippen LogP contribution in [0.15, 0.2) is 24.4 Å². The molecule has 1 aliphatic heterocycles. The number of nitrogens with zero attached hydrogens (tertiary/aromatic N) is 1. The minimum Gasteiger partial charge on any atom is -0.493 e. The van der Waals surface area contributed by atoms with Gasteiger partial charge < -0.3 is 19.5 Å². The number of piperidine rings is 1. The number of hydrogen-bond acceptors (Lipinski definition) is 5. The minimum absolute atomic E-state index is 0. The van der Waals surface area contributed by atoms with Crippen LogP contribution in [0.5, 0.6) is 17.2 Å². The molecule has 2 heterocycles. The molecule has 0 amide bonds. The number of ether oxygens (including phenoxy) is 3. The highest BCUT2D eigenvalue weighted by Crippen LogP contribution is 2.35. The average molecular weight is 325 g/mol. The van der Waals surface area contributed by atoms with E-state index in [9.17, 15) is 0 Å². The standard InChI is InChI=1S/C16H20N2O3.ClH/c1-19-15-9-12-13(10-16(15)20-2)18-8-5-14(12)21-11-3-6-17-7-4-11;/h5,8-11,17H,3-4,6-7H2,1-2H3;1H. The SMILES string of the molecule is COc1cc2nccc(OC3CCNCC3)c2cc1OC.Cl. The third-order valence-corrected chi connectivity index (χ3v) is 3.79. The van der Waals surface area contributed by atoms with Gasteiger partial charge in [0.1, 0.15) is 11.9 Å². The van der Waals surface area contributed by atoms with Crippen LogP contribution in [-0.4, -0.2) is 38.4 Å². The van der Waals surface area contributed by atoms with Crippen LogP contribution in [-0.2, 0) is 0 Å². The van der Waals surface area contributed by atoms with E-state index in [0.717, 1.165) is 42.6 Å². The molecule has 5 nitrogen and oxygen atoms in total. The Morgan fingerprint density at radius 2 is 1.73 bits per heavy atom. The molecule has 0 bridgehead atoms. The van der Waals surface area contributed by atoms with Gasteiger partial charge in [0.2, 0.25) is 0 Å². The zero-order valence-corrected chi connectivity index (χ0v) is 13.6. The molecule has 0 spiro atoms. The van der Waals surface area contributed by atoms with Gasteiger partial charge in [0.25, 0.3) is 0 Å². The minimum atomic E-state index is 0. The lowest BCUT2D eigenvalue weighted by atomic mass is 10.1. The molecule has 0 unspecified atom stereocenters. The van der Waals surface area contributed by atoms with E-state index in [1.165, 1.54) is 0 Å². The summed E-state index contributed by atoms with van der Waals surface area (Å²) in [7, 11) is 3.26. The largest absolute Gasteiger partial charge is 0.493 e. The Bertz CT molecular complexity index is 630. The first-order valence-corrected chi connectivity index (χ1v) is 7.20. The lowest BCUT2D eigenvalue weighted by Crippen LogP contribution is -2.34. The van der Waals surface area contributed by atoms with Gasteiger partial charge in [-0.3, -0.25) is 4.98 Å². The number of pyridine rings is 1. The summed E-state index contributed by atoms with van der Waals surface area (Å²) < 4.78 is 16.9. The van der Waals surface area contributed by atoms with Crippen LogP contribution in [0.25, 0.3) is 10.9 Å². The van der Waals surface area contributed by atoms with Gasteiger partial charge in [-0.15, -0.1) is 12.4 Å². The molecule has 120 valence electrons. The van der Waals surface area contributed by atoms with Crippen LogP contribution in [0, 0.1) is 0 Å². The fourth-order valence-corrected chi connectivity index (χ4v) is 2.64. The quantitative estimate of drug-likeness (QED) is 0.937. The number of hydrogen-bond donors (Lipinski definition) is 1. The van der Waals surface area contributed by atoms with Crippen molar-refractivity contribution in [3.05, 3.63) is 24.4 Å². The Labute approximate surface area is 136 Å². The van der Waals surface area contributed by atoms with Gasteiger partial charge in [-0.05, 0) is 38.1 Å². The molecule has 1 aromatic heterocycles. The van der Waals surface area contributed by atoms with Crippen molar-refractivity contribution < 1.29 is 14.2 Å². The summed E-state index contributed by atoms with van der Waals surface area (Å²) in [5.74, 6) is 2.22. The van der Waals surface area contributed by atoms with Crippen LogP contribution in [0.1, 0.15) is 12.8 Å². The summed E-state index contributed by atoms with van der Waals surface area (Å²) in [6, 6.07) is 5.72. The summed E-state index contributed by atoms with van der Waals surface area (Å²) >= 11 is 0. The van der Waals surface area contributed by atoms with Crippen LogP contribution in [0.2, 0.25) is 0 Å². The predicted molar refractivity (Wildman–Crippen MR) is 88.6 cm³/mol. The Balaban J connectivity index is 0.00000176. The number of rotatable bonds is 4. The first kappa shape index (κ1) is 16.6. The lowest BCUT2D eigenvalue weighted by molar-refractivity contribution is 0.164. The maximum absolute atomic E-state index is 6.17. The van der Waals surface area contributed by atoms with E-state index in [1.807, 2.05) is 18.2 Å². The van der Waals surface area contributed by atoms with Crippen molar-refractivity contribution in [3.63, 3.8) is 0 Å². The molecule has 1 aromatic carbocycles. The Morgan fingerprint density at radius 3 is 2.41 bits per heavy atom. The monoisotopic (exact) mass is 324 g/mol. The second kappa shape index (κ2) is 7.51. The van der Waals surface area contributed by atoms with Crippen molar-refractivity contribution in [2.45, 2.75) is 18.9 Å². The van der Waals surface area contributed by atoms with Crippen molar-refractivity contribution in [2.24, 2.45) is 0 Å². The fraction of sp³-hybridized carbons (Fsp3) is 0.438. The molecule has 22 heavy (non-hydrogen) atoms. The van der Waals surface area contributed by atoms with Crippen LogP contribution < -0.4 is 19.5 Å². The first-order valence-electron chi connectivity index (χ1n) is 7.20. The highest BCUT2D eigenvalue weighted by molar-refractivity contribution is 5.88. The third kappa shape index (κ3) is 3.36. The lowest BCUT2D eigenvalue weighted by Gasteiger charge is -2.24. The first-order chi connectivity index (χ1) is 10.3. The normalized spacial score (nSPS) is 15.2. The van der Waals surface area contributed by atoms with Crippen molar-refractivity contribution in [3.8, 4) is 17.2 Å². The van der Waals surface area contributed by atoms with E-state index in [2.05, 4.69) is 10.3 Å². The molecule has 2 aromatic rings. The van der Waals surface area contributed by atoms with Gasteiger partial charge in [-0.2, -0.15) is 0 Å². The van der Waals surface area contributed by atoms with Crippen molar-refractivity contribution in [1.29, 1.82) is 0 Å². The van der Waals surface area contributed by atoms with E-state index in [-0.39, 0.29) is 18.5 Å². The van der Waals surface area contributed by atoms with Gasteiger partial charge in [-0.1, -0.05) is 0 Å². The average Bonchev–Trinajstić information content (AvgIpc) is 2.55. The molecule has 0 saturated carbocycles. The number of halogens is 1. The molecular weight excluding hydrogens is 304 g/mol. The molecule has 0 atom stereocenters. The molecule has 1 N–H and O–H groups in total. The molecule has 3 rings (SSSR count). The molecular formula is C16H21ClN2O3. The van der Waals surface area contributed by atoms with E-state index >= 15 is 0 Å². The maximum atomic E-state index is 6.17. The van der Waals surface area contributed by atoms with Crippen LogP contribution >= 0.6 is 12.4 Å². The summed E-state index contributed by atoms with van der Waals surface area (Å²) in [6.45, 7) is 2.01. The maximum Gasteiger partial charge on any atom is 0.162 e. The van der Waals surface area contributed by atoms with Crippen LogP contribution in [0.3, 0.4) is 0 Å². The Hall–Kier alpha value is -1.72. The van der Waals surface area contributed by atoms with Gasteiger partial charge in [-0.25, -0.2) is 0 Å². The van der Waals surface area contributed by atoms with E-state index < -0.39 is 0 Å². The Morgan fingerprint density at radius 1 is 1.05 bits per heavy atom. The van der Waals surface area contributed by atoms with Crippen molar-refractivity contribution in [2.75, 3.05) is 27.3 Å². The summed E-state index contributed by atoms with van der Waals surface area (Å²) in [5.41, 5.74) is 0.846. The summed E-state index contributed by atoms with van der Waals surface area (Å²) in [5, 5.41) is 4.29. The predicted octanol–water partition coefficient (Wildman–Crippen LogP) is 2.80. The number of fused-ring (bicyclic) bond motifs is 1. The topological polar surface area (TPSA) is 52.6 Å². The van der Waals surface area contributed by atoms with Gasteiger partial charge in [0.05, 0.1) is 19.7 Å². The summed E-state index contributed by atoms with van der Waals surface area (Å²) in [6.07, 6.45) is 4.07. The smallest absolute Gasteiger partial charge is 0.162 e. The highest BCUT2D eigenvalue weighted by atomic mass is 35.5. The molecule has 1 fully saturated rings. The van der Waals surface area contributed by atoms with E-state index in [0.29, 0.717) is 11.5 Å². The van der Waals surface area contributed by atoms with E-state index in [4.69, 9.17) is 14.2 Å². The van der Waals surface area contributed by atoms with Gasteiger partial charge >= 0.3 is 0 Å². The van der Waals surface area contributed by atoms with Gasteiger partial charge in [0, 0.05) is 17.6 Å². The second-order valence-electron chi connectivity index (χ2n) is 5.10. The van der Waals surface area contributed by atoms with Crippen LogP contribution in [0.4, 0.5) is 0 Å². The third-order valence-electron chi connectivity index (χ3n) is 3.79. The number of methoxy groups -OCH3 is 2. The summed E-state index contributed by atoms with van der Waals surface area (Å²) in [4.78, 5) is 4.39. The second-order valence-corrected chi connectivity index (χ2v) is 5.10. The highest BCUT2D eigenvalue weighted by Gasteiger charge is 2.17. The zero-order valence-electron chi connectivity index (χ0n) is 12.8. The van der Waals surface area contributed by atoms with Gasteiger partial charge in [0.15, 0.2) is 11.5 Å². The number of nitrogens with one attached hydrogen (secondary N) is 1. The molecule has 1 saturated heterocycles. The molecule has 1 aliphatic rings. The fourth-order valence-electron chi connectivity index (χ4n) is 2.64. The van der Waals surface area contributed by atoms with Crippen molar-refractivity contribution >= 4 is 23.3 Å². The molecule has 6 heteroatoms. The Kier molecular flexibility index (Phi) is 5.69. The zero-order chi connectivity index (χ0) is 14.7. The number of aromatic nitrogens is 1. The van der Waals surface area contributed by atoms with E-state index in [1.54, 1.807) is 20.4 Å². The van der Waals surface area contributed by atoms with Crippen molar-refractivity contribution in [1.82, 2.24) is 10.3 Å². The molecule has 0 aliphatic carbocycles. The number of benzene rings is 1. The molecule has 0 radical (unpaired) electrons.